The normalized spacial score (nSPS) is 24.5. The van der Waals surface area contributed by atoms with Crippen molar-refractivity contribution >= 4 is 22.2 Å². The molecule has 1 saturated heterocycles. The number of sulfonamides is 1. The topological polar surface area (TPSA) is 90.9 Å². The molecule has 2 unspecified atom stereocenters. The highest BCUT2D eigenvalue weighted by molar-refractivity contribution is 7.95. The molecule has 0 radical (unpaired) electrons. The summed E-state index contributed by atoms with van der Waals surface area (Å²) in [6, 6.07) is 13.7. The molecule has 136 valence electrons. The van der Waals surface area contributed by atoms with E-state index in [1.165, 1.54) is 23.5 Å². The molecule has 2 aromatic rings. The summed E-state index contributed by atoms with van der Waals surface area (Å²) >= 11 is 0. The second-order valence-corrected chi connectivity index (χ2v) is 8.26. The van der Waals surface area contributed by atoms with Crippen LogP contribution in [0.1, 0.15) is 12.0 Å². The zero-order chi connectivity index (χ0) is 18.4. The maximum absolute atomic E-state index is 13.0. The zero-order valence-corrected chi connectivity index (χ0v) is 15.0. The molecular weight excluding hydrogens is 356 g/mol. The van der Waals surface area contributed by atoms with Crippen LogP contribution in [0.2, 0.25) is 0 Å². The van der Waals surface area contributed by atoms with Crippen molar-refractivity contribution in [3.8, 4) is 5.75 Å². The number of carbonyl (C=O) groups excluding carboxylic acids is 1. The highest BCUT2D eigenvalue weighted by atomic mass is 32.3. The minimum Gasteiger partial charge on any atom is -0.593 e. The van der Waals surface area contributed by atoms with Crippen LogP contribution in [0.4, 0.5) is 10.5 Å². The van der Waals surface area contributed by atoms with Gasteiger partial charge in [-0.1, -0.05) is 28.5 Å². The number of nitrogens with one attached hydrogen (secondary N) is 1. The van der Waals surface area contributed by atoms with E-state index in [4.69, 9.17) is 9.47 Å². The summed E-state index contributed by atoms with van der Waals surface area (Å²) in [5, 5.41) is 2.67. The fourth-order valence-corrected chi connectivity index (χ4v) is 5.05. The molecule has 0 bridgehead atoms. The molecule has 2 aromatic carbocycles. The average Bonchev–Trinajstić information content (AvgIpc) is 3.07. The van der Waals surface area contributed by atoms with Crippen molar-refractivity contribution in [2.45, 2.75) is 16.9 Å². The van der Waals surface area contributed by atoms with E-state index in [-0.39, 0.29) is 18.0 Å². The Balaban J connectivity index is 1.68. The Hall–Kier alpha value is -2.42. The first-order valence-electron chi connectivity index (χ1n) is 8.18. The van der Waals surface area contributed by atoms with Crippen molar-refractivity contribution in [1.29, 1.82) is 0 Å². The lowest BCUT2D eigenvalue weighted by Crippen LogP contribution is -2.43. The molecule has 0 saturated carbocycles. The second-order valence-electron chi connectivity index (χ2n) is 6.32. The van der Waals surface area contributed by atoms with Crippen LogP contribution < -0.4 is 10.1 Å². The maximum atomic E-state index is 13.0. The number of methoxy groups -OCH3 is 1. The fraction of sp³-hybridized carbons (Fsp3) is 0.278. The van der Waals surface area contributed by atoms with Gasteiger partial charge < -0.3 is 14.0 Å². The number of hydrogen-bond acceptors (Lipinski definition) is 5. The Kier molecular flexibility index (Phi) is 3.98. The summed E-state index contributed by atoms with van der Waals surface area (Å²) in [6.07, 6.45) is -0.162. The summed E-state index contributed by atoms with van der Waals surface area (Å²) in [7, 11) is -2.24. The van der Waals surface area contributed by atoms with Crippen LogP contribution >= 0.6 is 0 Å². The summed E-state index contributed by atoms with van der Waals surface area (Å²) in [6.45, 7) is 0.345. The molecule has 1 amide bonds. The number of nitrogens with zero attached hydrogens (tertiary/aromatic N) is 1. The van der Waals surface area contributed by atoms with Crippen molar-refractivity contribution < 1.29 is 23.0 Å². The van der Waals surface area contributed by atoms with Gasteiger partial charge in [0.2, 0.25) is 0 Å². The van der Waals surface area contributed by atoms with Crippen LogP contribution in [0, 0.1) is 0 Å². The molecule has 2 aliphatic heterocycles. The molecule has 8 heteroatoms. The Morgan fingerprint density at radius 3 is 2.88 bits per heavy atom. The molecule has 2 atom stereocenters. The van der Waals surface area contributed by atoms with E-state index < -0.39 is 22.1 Å². The van der Waals surface area contributed by atoms with Crippen LogP contribution in [0.3, 0.4) is 0 Å². The number of fused-ring (bicyclic) bond motifs is 2. The van der Waals surface area contributed by atoms with Crippen molar-refractivity contribution in [3.63, 3.8) is 0 Å². The van der Waals surface area contributed by atoms with E-state index in [2.05, 4.69) is 5.32 Å². The molecule has 1 N–H and O–H groups in total. The number of para-hydroxylation sites is 1. The third-order valence-corrected chi connectivity index (χ3v) is 6.66. The molecule has 1 fully saturated rings. The lowest BCUT2D eigenvalue weighted by molar-refractivity contribution is 0.0233. The number of rotatable bonds is 3. The molecule has 0 aromatic heterocycles. The number of carbonyl (C=O) groups is 1. The predicted octanol–water partition coefficient (Wildman–Crippen LogP) is 2.76. The second kappa shape index (κ2) is 6.08. The Morgan fingerprint density at radius 1 is 1.27 bits per heavy atom. The number of hydrogen-bond donors (Lipinski definition) is 1. The summed E-state index contributed by atoms with van der Waals surface area (Å²) in [4.78, 5) is 12.1. The molecule has 7 nitrogen and oxygen atoms in total. The predicted molar refractivity (Wildman–Crippen MR) is 94.5 cm³/mol. The first-order valence-corrected chi connectivity index (χ1v) is 9.62. The SMILES string of the molecule is COc1cccc([S+](=O)([O-])N2CCC3(C2)OC(=O)Nc2ccccc23)c1. The van der Waals surface area contributed by atoms with Gasteiger partial charge in [-0.05, 0) is 18.2 Å². The summed E-state index contributed by atoms with van der Waals surface area (Å²) in [5.41, 5.74) is 0.484. The van der Waals surface area contributed by atoms with Gasteiger partial charge in [-0.2, -0.15) is 0 Å². The van der Waals surface area contributed by atoms with Gasteiger partial charge in [-0.25, -0.2) is 4.79 Å². The summed E-state index contributed by atoms with van der Waals surface area (Å²) < 4.78 is 38.1. The lowest BCUT2D eigenvalue weighted by atomic mass is 9.90. The van der Waals surface area contributed by atoms with Gasteiger partial charge in [0.05, 0.1) is 19.3 Å². The van der Waals surface area contributed by atoms with Crippen LogP contribution in [-0.2, 0) is 24.9 Å². The van der Waals surface area contributed by atoms with Gasteiger partial charge in [0, 0.05) is 24.6 Å². The molecule has 2 heterocycles. The number of amides is 1. The van der Waals surface area contributed by atoms with Crippen molar-refractivity contribution in [3.05, 3.63) is 54.1 Å². The van der Waals surface area contributed by atoms with Crippen molar-refractivity contribution in [1.82, 2.24) is 4.31 Å². The first kappa shape index (κ1) is 17.0. The minimum atomic E-state index is -3.73. The van der Waals surface area contributed by atoms with Gasteiger partial charge in [0.15, 0.2) is 20.9 Å². The van der Waals surface area contributed by atoms with Crippen LogP contribution in [-0.4, -0.2) is 35.2 Å². The number of anilines is 1. The molecule has 0 aliphatic carbocycles. The van der Waals surface area contributed by atoms with Gasteiger partial charge >= 0.3 is 6.09 Å². The lowest BCUT2D eigenvalue weighted by Gasteiger charge is -2.35. The maximum Gasteiger partial charge on any atom is 0.412 e. The molecular formula is C18H18N2O5S. The minimum absolute atomic E-state index is 0.0803. The van der Waals surface area contributed by atoms with Crippen LogP contribution in [0.15, 0.2) is 53.4 Å². The van der Waals surface area contributed by atoms with Crippen molar-refractivity contribution in [2.75, 3.05) is 25.5 Å². The van der Waals surface area contributed by atoms with E-state index in [0.29, 0.717) is 17.9 Å². The van der Waals surface area contributed by atoms with E-state index in [9.17, 15) is 13.6 Å². The molecule has 2 aliphatic rings. The molecule has 26 heavy (non-hydrogen) atoms. The largest absolute Gasteiger partial charge is 0.593 e. The van der Waals surface area contributed by atoms with Crippen LogP contribution in [0.5, 0.6) is 5.75 Å². The Bertz CT molecular complexity index is 918. The van der Waals surface area contributed by atoms with Gasteiger partial charge in [-0.3, -0.25) is 5.32 Å². The fourth-order valence-electron chi connectivity index (χ4n) is 3.52. The molecule has 4 rings (SSSR count). The standard InChI is InChI=1S/C18H18N2O5S/c1-24-13-5-4-6-14(11-13)26(22,23)20-10-9-18(12-20)15-7-2-3-8-16(15)19-17(21)25-18/h2-8,11H,9-10,12H2,1H3,(H-,19,21,22,23). The monoisotopic (exact) mass is 374 g/mol. The van der Waals surface area contributed by atoms with Crippen LogP contribution in [0.25, 0.3) is 0 Å². The third-order valence-electron chi connectivity index (χ3n) is 4.82. The average molecular weight is 374 g/mol. The van der Waals surface area contributed by atoms with E-state index >= 15 is 0 Å². The van der Waals surface area contributed by atoms with Crippen molar-refractivity contribution in [2.24, 2.45) is 0 Å². The number of benzene rings is 2. The number of ether oxygens (including phenoxy) is 2. The Morgan fingerprint density at radius 2 is 2.08 bits per heavy atom. The van der Waals surface area contributed by atoms with Gasteiger partial charge in [-0.15, -0.1) is 4.31 Å². The highest BCUT2D eigenvalue weighted by Gasteiger charge is 2.52. The van der Waals surface area contributed by atoms with Gasteiger partial charge in [0.25, 0.3) is 0 Å². The zero-order valence-electron chi connectivity index (χ0n) is 14.1. The van der Waals surface area contributed by atoms with E-state index in [1.807, 2.05) is 18.2 Å². The third kappa shape index (κ3) is 2.66. The Labute approximate surface area is 152 Å². The van der Waals surface area contributed by atoms with E-state index in [0.717, 1.165) is 5.56 Å². The molecule has 1 spiro atoms. The smallest absolute Gasteiger partial charge is 0.412 e. The quantitative estimate of drug-likeness (QED) is 0.834. The van der Waals surface area contributed by atoms with Gasteiger partial charge in [0.1, 0.15) is 5.75 Å². The highest BCUT2D eigenvalue weighted by Crippen LogP contribution is 2.44. The van der Waals surface area contributed by atoms with E-state index in [1.54, 1.807) is 18.2 Å². The first-order chi connectivity index (χ1) is 12.4. The summed E-state index contributed by atoms with van der Waals surface area (Å²) in [5.74, 6) is 0.471.